The van der Waals surface area contributed by atoms with E-state index in [-0.39, 0.29) is 23.8 Å². The molecular formula is C23H23FN2O3. The van der Waals surface area contributed by atoms with E-state index in [1.54, 1.807) is 41.3 Å². The van der Waals surface area contributed by atoms with Gasteiger partial charge < -0.3 is 14.4 Å². The Bertz CT molecular complexity index is 1030. The summed E-state index contributed by atoms with van der Waals surface area (Å²) in [7, 11) is 0. The topological polar surface area (TPSA) is 66.6 Å². The summed E-state index contributed by atoms with van der Waals surface area (Å²) in [5, 5.41) is 9.69. The zero-order chi connectivity index (χ0) is 20.4. The first-order valence-electron chi connectivity index (χ1n) is 9.71. The normalized spacial score (nSPS) is 19.3. The third-order valence-corrected chi connectivity index (χ3v) is 5.48. The van der Waals surface area contributed by atoms with Crippen molar-refractivity contribution >= 4 is 5.91 Å². The van der Waals surface area contributed by atoms with E-state index in [1.807, 2.05) is 13.0 Å². The summed E-state index contributed by atoms with van der Waals surface area (Å²) in [6, 6.07) is 13.5. The van der Waals surface area contributed by atoms with Crippen LogP contribution in [0.2, 0.25) is 0 Å². The molecule has 0 saturated carbocycles. The lowest BCUT2D eigenvalue weighted by molar-refractivity contribution is 0.0358. The van der Waals surface area contributed by atoms with E-state index in [0.717, 1.165) is 12.8 Å². The average molecular weight is 394 g/mol. The van der Waals surface area contributed by atoms with Crippen LogP contribution in [0.5, 0.6) is 0 Å². The fraction of sp³-hybridized carbons (Fsp3) is 0.304. The van der Waals surface area contributed by atoms with Gasteiger partial charge in [-0.1, -0.05) is 31.2 Å². The van der Waals surface area contributed by atoms with E-state index in [2.05, 4.69) is 4.98 Å². The fourth-order valence-electron chi connectivity index (χ4n) is 3.83. The number of nitrogens with zero attached hydrogens (tertiary/aromatic N) is 2. The molecule has 0 radical (unpaired) electrons. The Morgan fingerprint density at radius 3 is 2.69 bits per heavy atom. The van der Waals surface area contributed by atoms with Crippen LogP contribution in [0.4, 0.5) is 4.39 Å². The maximum Gasteiger partial charge on any atom is 0.254 e. The predicted molar refractivity (Wildman–Crippen MR) is 108 cm³/mol. The van der Waals surface area contributed by atoms with Crippen molar-refractivity contribution in [3.63, 3.8) is 0 Å². The van der Waals surface area contributed by atoms with E-state index in [0.29, 0.717) is 35.5 Å². The minimum Gasteiger partial charge on any atom is -0.436 e. The molecule has 1 amide bonds. The number of aliphatic hydroxyl groups excluding tert-OH is 1. The number of piperidine rings is 1. The smallest absolute Gasteiger partial charge is 0.254 e. The van der Waals surface area contributed by atoms with Crippen LogP contribution in [0.15, 0.2) is 59.1 Å². The van der Waals surface area contributed by atoms with Crippen LogP contribution in [0.3, 0.4) is 0 Å². The number of amides is 1. The van der Waals surface area contributed by atoms with Gasteiger partial charge in [-0.15, -0.1) is 0 Å². The molecule has 29 heavy (non-hydrogen) atoms. The number of halogens is 1. The second kappa shape index (κ2) is 7.79. The SMILES string of the molecule is C[C@]1(CO)CCCN(C(=O)c2ccccc2-c2ncc(-c3ccccc3F)o2)C1. The standard InChI is InChI=1S/C23H23FN2O3/c1-23(15-27)11-6-12-26(14-23)22(28)17-8-3-2-7-16(17)21-25-13-20(29-21)18-9-4-5-10-19(18)24/h2-5,7-10,13,27H,6,11-12,14-15H2,1H3/t23-/m0/s1. The van der Waals surface area contributed by atoms with Gasteiger partial charge in [-0.2, -0.15) is 0 Å². The number of oxazole rings is 1. The van der Waals surface area contributed by atoms with Gasteiger partial charge in [0, 0.05) is 24.1 Å². The van der Waals surface area contributed by atoms with E-state index >= 15 is 0 Å². The number of aliphatic hydroxyl groups is 1. The van der Waals surface area contributed by atoms with Crippen LogP contribution in [0, 0.1) is 11.2 Å². The first-order valence-corrected chi connectivity index (χ1v) is 9.71. The zero-order valence-corrected chi connectivity index (χ0v) is 16.3. The van der Waals surface area contributed by atoms with Crippen LogP contribution < -0.4 is 0 Å². The Morgan fingerprint density at radius 2 is 1.93 bits per heavy atom. The molecule has 0 spiro atoms. The quantitative estimate of drug-likeness (QED) is 0.713. The molecule has 1 aliphatic rings. The van der Waals surface area contributed by atoms with Crippen LogP contribution >= 0.6 is 0 Å². The summed E-state index contributed by atoms with van der Waals surface area (Å²) in [6.45, 7) is 3.19. The number of hydrogen-bond acceptors (Lipinski definition) is 4. The van der Waals surface area contributed by atoms with Crippen molar-refractivity contribution in [1.82, 2.24) is 9.88 Å². The molecule has 0 aliphatic carbocycles. The number of rotatable bonds is 4. The van der Waals surface area contributed by atoms with E-state index in [9.17, 15) is 14.3 Å². The molecule has 1 N–H and O–H groups in total. The highest BCUT2D eigenvalue weighted by Crippen LogP contribution is 2.33. The average Bonchev–Trinajstić information content (AvgIpc) is 3.23. The molecule has 0 bridgehead atoms. The number of aromatic nitrogens is 1. The Hall–Kier alpha value is -2.99. The summed E-state index contributed by atoms with van der Waals surface area (Å²) in [6.07, 6.45) is 3.21. The maximum absolute atomic E-state index is 14.1. The van der Waals surface area contributed by atoms with Crippen molar-refractivity contribution in [1.29, 1.82) is 0 Å². The Kier molecular flexibility index (Phi) is 5.20. The highest BCUT2D eigenvalue weighted by Gasteiger charge is 2.33. The first-order chi connectivity index (χ1) is 14.0. The molecule has 2 aromatic carbocycles. The van der Waals surface area contributed by atoms with Gasteiger partial charge in [-0.05, 0) is 37.1 Å². The summed E-state index contributed by atoms with van der Waals surface area (Å²) < 4.78 is 19.9. The van der Waals surface area contributed by atoms with Gasteiger partial charge in [0.2, 0.25) is 5.89 Å². The Balaban J connectivity index is 1.66. The van der Waals surface area contributed by atoms with Gasteiger partial charge in [0.25, 0.3) is 5.91 Å². The molecule has 1 atom stereocenters. The molecule has 1 fully saturated rings. The second-order valence-electron chi connectivity index (χ2n) is 7.85. The minimum atomic E-state index is -0.392. The molecule has 3 aromatic rings. The third kappa shape index (κ3) is 3.80. The number of carbonyl (C=O) groups is 1. The number of hydrogen-bond donors (Lipinski definition) is 1. The first kappa shape index (κ1) is 19.3. The molecule has 4 rings (SSSR count). The van der Waals surface area contributed by atoms with Crippen molar-refractivity contribution in [3.8, 4) is 22.8 Å². The van der Waals surface area contributed by atoms with Gasteiger partial charge in [-0.25, -0.2) is 9.37 Å². The number of likely N-dealkylation sites (tertiary alicyclic amines) is 1. The third-order valence-electron chi connectivity index (χ3n) is 5.48. The Morgan fingerprint density at radius 1 is 1.21 bits per heavy atom. The van der Waals surface area contributed by atoms with Gasteiger partial charge >= 0.3 is 0 Å². The zero-order valence-electron chi connectivity index (χ0n) is 16.3. The number of carbonyl (C=O) groups excluding carboxylic acids is 1. The fourth-order valence-corrected chi connectivity index (χ4v) is 3.83. The lowest BCUT2D eigenvalue weighted by Gasteiger charge is -2.39. The van der Waals surface area contributed by atoms with Crippen LogP contribution in [0.25, 0.3) is 22.8 Å². The summed E-state index contributed by atoms with van der Waals surface area (Å²) in [4.78, 5) is 19.3. The molecule has 2 heterocycles. The van der Waals surface area contributed by atoms with Crippen LogP contribution in [-0.2, 0) is 0 Å². The van der Waals surface area contributed by atoms with Gasteiger partial charge in [0.05, 0.1) is 23.9 Å². The van der Waals surface area contributed by atoms with Gasteiger partial charge in [0.15, 0.2) is 5.76 Å². The summed E-state index contributed by atoms with van der Waals surface area (Å²) >= 11 is 0. The van der Waals surface area contributed by atoms with Gasteiger partial charge in [0.1, 0.15) is 5.82 Å². The molecule has 1 aliphatic heterocycles. The molecule has 1 aromatic heterocycles. The Labute approximate surface area is 168 Å². The highest BCUT2D eigenvalue weighted by atomic mass is 19.1. The van der Waals surface area contributed by atoms with Gasteiger partial charge in [-0.3, -0.25) is 4.79 Å². The van der Waals surface area contributed by atoms with Crippen molar-refractivity contribution in [3.05, 3.63) is 66.1 Å². The van der Waals surface area contributed by atoms with E-state index in [4.69, 9.17) is 4.42 Å². The molecule has 5 nitrogen and oxygen atoms in total. The summed E-state index contributed by atoms with van der Waals surface area (Å²) in [5.41, 5.74) is 1.09. The van der Waals surface area contributed by atoms with E-state index < -0.39 is 5.82 Å². The molecular weight excluding hydrogens is 371 g/mol. The van der Waals surface area contributed by atoms with E-state index in [1.165, 1.54) is 12.3 Å². The molecule has 150 valence electrons. The van der Waals surface area contributed by atoms with Crippen molar-refractivity contribution in [2.45, 2.75) is 19.8 Å². The lowest BCUT2D eigenvalue weighted by atomic mass is 9.82. The largest absolute Gasteiger partial charge is 0.436 e. The van der Waals surface area contributed by atoms with Crippen LogP contribution in [0.1, 0.15) is 30.1 Å². The van der Waals surface area contributed by atoms with Crippen molar-refractivity contribution in [2.75, 3.05) is 19.7 Å². The molecule has 1 saturated heterocycles. The van der Waals surface area contributed by atoms with Crippen molar-refractivity contribution < 1.29 is 18.7 Å². The predicted octanol–water partition coefficient (Wildman–Crippen LogP) is 4.38. The maximum atomic E-state index is 14.1. The second-order valence-corrected chi connectivity index (χ2v) is 7.85. The van der Waals surface area contributed by atoms with Crippen molar-refractivity contribution in [2.24, 2.45) is 5.41 Å². The molecule has 0 unspecified atom stereocenters. The summed E-state index contributed by atoms with van der Waals surface area (Å²) in [5.74, 6) is 0.0714. The monoisotopic (exact) mass is 394 g/mol. The number of benzene rings is 2. The highest BCUT2D eigenvalue weighted by molar-refractivity contribution is 6.00. The minimum absolute atomic E-state index is 0.0458. The lowest BCUT2D eigenvalue weighted by Crippen LogP contribution is -2.46. The van der Waals surface area contributed by atoms with Crippen LogP contribution in [-0.4, -0.2) is 40.6 Å². The molecule has 6 heteroatoms.